The number of fused-ring (bicyclic) bond motifs is 1. The van der Waals surface area contributed by atoms with E-state index in [1.165, 1.54) is 6.07 Å². The number of carbonyl (C=O) groups is 1. The molecule has 0 bridgehead atoms. The Morgan fingerprint density at radius 1 is 1.13 bits per heavy atom. The first kappa shape index (κ1) is 15.4. The third kappa shape index (κ3) is 3.84. The normalized spacial score (nSPS) is 10.7. The van der Waals surface area contributed by atoms with E-state index in [4.69, 9.17) is 0 Å². The highest BCUT2D eigenvalue weighted by molar-refractivity contribution is 7.99. The lowest BCUT2D eigenvalue weighted by Crippen LogP contribution is -2.26. The van der Waals surface area contributed by atoms with Gasteiger partial charge in [-0.25, -0.2) is 14.4 Å². The molecule has 3 rings (SSSR count). The predicted molar refractivity (Wildman–Crippen MR) is 89.0 cm³/mol. The second-order valence-electron chi connectivity index (χ2n) is 4.78. The van der Waals surface area contributed by atoms with Crippen molar-refractivity contribution in [2.75, 3.05) is 12.3 Å². The average molecular weight is 327 g/mol. The fourth-order valence-electron chi connectivity index (χ4n) is 2.08. The molecule has 2 heterocycles. The SMILES string of the molecule is O=C(NCCSc1ccccn1)c1ccc2cccc(F)c2n1. The smallest absolute Gasteiger partial charge is 0.269 e. The van der Waals surface area contributed by atoms with Crippen LogP contribution in [-0.2, 0) is 0 Å². The summed E-state index contributed by atoms with van der Waals surface area (Å²) in [4.78, 5) is 20.4. The number of nitrogens with one attached hydrogen (secondary N) is 1. The molecular formula is C17H14FN3OS. The molecule has 1 amide bonds. The molecule has 0 radical (unpaired) electrons. The third-order valence-corrected chi connectivity index (χ3v) is 4.12. The first-order chi connectivity index (χ1) is 11.2. The van der Waals surface area contributed by atoms with Crippen LogP contribution in [0.1, 0.15) is 10.5 Å². The van der Waals surface area contributed by atoms with Crippen LogP contribution in [0.4, 0.5) is 4.39 Å². The van der Waals surface area contributed by atoms with E-state index in [9.17, 15) is 9.18 Å². The summed E-state index contributed by atoms with van der Waals surface area (Å²) < 4.78 is 13.7. The Balaban J connectivity index is 1.59. The molecule has 0 aliphatic heterocycles. The highest BCUT2D eigenvalue weighted by atomic mass is 32.2. The van der Waals surface area contributed by atoms with Crippen molar-refractivity contribution in [3.8, 4) is 0 Å². The number of carbonyl (C=O) groups excluding carboxylic acids is 1. The molecule has 0 aliphatic carbocycles. The van der Waals surface area contributed by atoms with E-state index < -0.39 is 5.82 Å². The molecule has 0 atom stereocenters. The maximum atomic E-state index is 13.7. The van der Waals surface area contributed by atoms with E-state index in [1.807, 2.05) is 18.2 Å². The summed E-state index contributed by atoms with van der Waals surface area (Å²) in [5.74, 6) is -0.0373. The minimum atomic E-state index is -0.428. The number of halogens is 1. The fourth-order valence-corrected chi connectivity index (χ4v) is 2.80. The van der Waals surface area contributed by atoms with Crippen LogP contribution in [0.25, 0.3) is 10.9 Å². The van der Waals surface area contributed by atoms with E-state index in [1.54, 1.807) is 42.2 Å². The van der Waals surface area contributed by atoms with Gasteiger partial charge in [0.15, 0.2) is 0 Å². The third-order valence-electron chi connectivity index (χ3n) is 3.18. The monoisotopic (exact) mass is 327 g/mol. The molecule has 0 fully saturated rings. The van der Waals surface area contributed by atoms with E-state index in [2.05, 4.69) is 15.3 Å². The summed E-state index contributed by atoms with van der Waals surface area (Å²) in [6.45, 7) is 0.483. The van der Waals surface area contributed by atoms with Crippen LogP contribution < -0.4 is 5.32 Å². The van der Waals surface area contributed by atoms with Crippen molar-refractivity contribution in [2.24, 2.45) is 0 Å². The number of hydrogen-bond donors (Lipinski definition) is 1. The lowest BCUT2D eigenvalue weighted by atomic mass is 10.2. The molecule has 0 saturated heterocycles. The first-order valence-corrected chi connectivity index (χ1v) is 8.10. The predicted octanol–water partition coefficient (Wildman–Crippen LogP) is 3.29. The number of aromatic nitrogens is 2. The maximum Gasteiger partial charge on any atom is 0.269 e. The number of benzene rings is 1. The Kier molecular flexibility index (Phi) is 4.83. The molecule has 0 unspecified atom stereocenters. The Bertz CT molecular complexity index is 826. The van der Waals surface area contributed by atoms with Crippen LogP contribution in [-0.4, -0.2) is 28.2 Å². The van der Waals surface area contributed by atoms with Crippen LogP contribution in [0.5, 0.6) is 0 Å². The minimum Gasteiger partial charge on any atom is -0.350 e. The molecule has 3 aromatic rings. The van der Waals surface area contributed by atoms with Crippen LogP contribution >= 0.6 is 11.8 Å². The fraction of sp³-hybridized carbons (Fsp3) is 0.118. The summed E-state index contributed by atoms with van der Waals surface area (Å²) in [6.07, 6.45) is 1.73. The minimum absolute atomic E-state index is 0.211. The summed E-state index contributed by atoms with van der Waals surface area (Å²) in [7, 11) is 0. The molecule has 2 aromatic heterocycles. The molecule has 0 saturated carbocycles. The number of nitrogens with zero attached hydrogens (tertiary/aromatic N) is 2. The van der Waals surface area contributed by atoms with Gasteiger partial charge in [-0.1, -0.05) is 24.3 Å². The van der Waals surface area contributed by atoms with Gasteiger partial charge in [-0.3, -0.25) is 4.79 Å². The highest BCUT2D eigenvalue weighted by Crippen LogP contribution is 2.16. The van der Waals surface area contributed by atoms with Crippen LogP contribution in [0.3, 0.4) is 0 Å². The molecule has 116 valence electrons. The Labute approximate surface area is 137 Å². The topological polar surface area (TPSA) is 54.9 Å². The summed E-state index contributed by atoms with van der Waals surface area (Å²) >= 11 is 1.56. The second kappa shape index (κ2) is 7.19. The molecule has 0 spiro atoms. The van der Waals surface area contributed by atoms with E-state index >= 15 is 0 Å². The zero-order chi connectivity index (χ0) is 16.1. The maximum absolute atomic E-state index is 13.7. The van der Waals surface area contributed by atoms with Crippen molar-refractivity contribution in [2.45, 2.75) is 5.03 Å². The Hall–Kier alpha value is -2.47. The number of pyridine rings is 2. The van der Waals surface area contributed by atoms with Gasteiger partial charge in [-0.2, -0.15) is 0 Å². The van der Waals surface area contributed by atoms with Gasteiger partial charge in [0.05, 0.1) is 5.03 Å². The quantitative estimate of drug-likeness (QED) is 0.577. The molecule has 1 N–H and O–H groups in total. The zero-order valence-corrected chi connectivity index (χ0v) is 13.0. The van der Waals surface area contributed by atoms with Gasteiger partial charge >= 0.3 is 0 Å². The largest absolute Gasteiger partial charge is 0.350 e. The van der Waals surface area contributed by atoms with Gasteiger partial charge in [0.1, 0.15) is 17.0 Å². The van der Waals surface area contributed by atoms with Crippen molar-refractivity contribution in [3.05, 3.63) is 66.2 Å². The van der Waals surface area contributed by atoms with Gasteiger partial charge in [-0.05, 0) is 24.3 Å². The molecule has 23 heavy (non-hydrogen) atoms. The number of rotatable bonds is 5. The summed E-state index contributed by atoms with van der Waals surface area (Å²) in [6, 6.07) is 13.7. The molecule has 4 nitrogen and oxygen atoms in total. The van der Waals surface area contributed by atoms with Crippen LogP contribution in [0.15, 0.2) is 59.8 Å². The standard InChI is InChI=1S/C17H14FN3OS/c18-13-5-3-4-12-7-8-14(21-16(12)13)17(22)20-10-11-23-15-6-1-2-9-19-15/h1-9H,10-11H2,(H,20,22). The first-order valence-electron chi connectivity index (χ1n) is 7.11. The van der Waals surface area contributed by atoms with Crippen molar-refractivity contribution >= 4 is 28.6 Å². The van der Waals surface area contributed by atoms with E-state index in [0.29, 0.717) is 17.7 Å². The van der Waals surface area contributed by atoms with Gasteiger partial charge in [0.25, 0.3) is 5.91 Å². The number of hydrogen-bond acceptors (Lipinski definition) is 4. The molecular weight excluding hydrogens is 313 g/mol. The second-order valence-corrected chi connectivity index (χ2v) is 5.90. The zero-order valence-electron chi connectivity index (χ0n) is 12.2. The van der Waals surface area contributed by atoms with Gasteiger partial charge in [-0.15, -0.1) is 11.8 Å². The van der Waals surface area contributed by atoms with Crippen molar-refractivity contribution < 1.29 is 9.18 Å². The summed E-state index contributed by atoms with van der Waals surface area (Å²) in [5.41, 5.74) is 0.424. The van der Waals surface area contributed by atoms with Crippen LogP contribution in [0, 0.1) is 5.82 Å². The van der Waals surface area contributed by atoms with Crippen LogP contribution in [0.2, 0.25) is 0 Å². The van der Waals surface area contributed by atoms with E-state index in [0.717, 1.165) is 5.03 Å². The number of amides is 1. The Morgan fingerprint density at radius 3 is 2.87 bits per heavy atom. The van der Waals surface area contributed by atoms with Gasteiger partial charge < -0.3 is 5.32 Å². The van der Waals surface area contributed by atoms with Gasteiger partial charge in [0, 0.05) is 23.9 Å². The number of thioether (sulfide) groups is 1. The number of para-hydroxylation sites is 1. The lowest BCUT2D eigenvalue weighted by molar-refractivity contribution is 0.0951. The molecule has 1 aromatic carbocycles. The van der Waals surface area contributed by atoms with Crippen molar-refractivity contribution in [3.63, 3.8) is 0 Å². The molecule has 0 aliphatic rings. The highest BCUT2D eigenvalue weighted by Gasteiger charge is 2.09. The average Bonchev–Trinajstić information content (AvgIpc) is 2.59. The lowest BCUT2D eigenvalue weighted by Gasteiger charge is -2.06. The Morgan fingerprint density at radius 2 is 2.04 bits per heavy atom. The summed E-state index contributed by atoms with van der Waals surface area (Å²) in [5, 5.41) is 4.36. The van der Waals surface area contributed by atoms with E-state index in [-0.39, 0.29) is 17.1 Å². The van der Waals surface area contributed by atoms with Crippen molar-refractivity contribution in [1.29, 1.82) is 0 Å². The molecule has 6 heteroatoms. The van der Waals surface area contributed by atoms with Crippen molar-refractivity contribution in [1.82, 2.24) is 15.3 Å². The van der Waals surface area contributed by atoms with Gasteiger partial charge in [0.2, 0.25) is 0 Å².